The molecule has 0 saturated carbocycles. The van der Waals surface area contributed by atoms with E-state index in [0.717, 1.165) is 0 Å². The molecule has 0 atom stereocenters. The van der Waals surface area contributed by atoms with Crippen LogP contribution in [0.15, 0.2) is 4.99 Å². The number of carbonyl (C=O) groups is 1. The molecule has 22 heavy (non-hydrogen) atoms. The minimum atomic E-state index is -0.679. The average molecular weight is 351 g/mol. The topological polar surface area (TPSA) is 107 Å². The SMILES string of the molecule is CN=C(N)NC(=O)Nc1c(Cl)c(OC)c(OC)c(OC)c1Cl. The summed E-state index contributed by atoms with van der Waals surface area (Å²) in [5.41, 5.74) is 5.49. The summed E-state index contributed by atoms with van der Waals surface area (Å²) in [6, 6.07) is -0.679. The fourth-order valence-corrected chi connectivity index (χ4v) is 2.26. The van der Waals surface area contributed by atoms with Gasteiger partial charge in [0.05, 0.1) is 27.0 Å². The lowest BCUT2D eigenvalue weighted by molar-refractivity contribution is 0.256. The van der Waals surface area contributed by atoms with Gasteiger partial charge in [0.25, 0.3) is 0 Å². The van der Waals surface area contributed by atoms with Gasteiger partial charge in [0.1, 0.15) is 10.0 Å². The second kappa shape index (κ2) is 7.81. The van der Waals surface area contributed by atoms with E-state index in [0.29, 0.717) is 0 Å². The lowest BCUT2D eigenvalue weighted by Gasteiger charge is -2.19. The van der Waals surface area contributed by atoms with E-state index in [9.17, 15) is 4.79 Å². The Hall–Kier alpha value is -2.06. The number of carbonyl (C=O) groups excluding carboxylic acids is 1. The summed E-state index contributed by atoms with van der Waals surface area (Å²) in [7, 11) is 5.62. The van der Waals surface area contributed by atoms with Crippen molar-refractivity contribution in [2.45, 2.75) is 0 Å². The number of amides is 2. The molecule has 0 aliphatic heterocycles. The number of ether oxygens (including phenoxy) is 3. The number of methoxy groups -OCH3 is 3. The molecule has 0 spiro atoms. The molecule has 0 unspecified atom stereocenters. The van der Waals surface area contributed by atoms with Gasteiger partial charge in [-0.3, -0.25) is 10.3 Å². The van der Waals surface area contributed by atoms with Crippen molar-refractivity contribution < 1.29 is 19.0 Å². The predicted molar refractivity (Wildman–Crippen MR) is 85.8 cm³/mol. The molecule has 0 fully saturated rings. The van der Waals surface area contributed by atoms with E-state index in [1.807, 2.05) is 0 Å². The first-order chi connectivity index (χ1) is 10.4. The van der Waals surface area contributed by atoms with Crippen molar-refractivity contribution in [1.29, 1.82) is 0 Å². The molecule has 1 aromatic rings. The molecule has 1 rings (SSSR count). The Bertz CT molecular complexity index is 576. The van der Waals surface area contributed by atoms with Gasteiger partial charge in [-0.25, -0.2) is 4.79 Å². The van der Waals surface area contributed by atoms with Crippen LogP contribution in [0.5, 0.6) is 17.2 Å². The monoisotopic (exact) mass is 350 g/mol. The molecular formula is C12H16Cl2N4O4. The Labute approximate surface area is 137 Å². The molecule has 0 aliphatic rings. The van der Waals surface area contributed by atoms with Crippen molar-refractivity contribution in [3.8, 4) is 17.2 Å². The van der Waals surface area contributed by atoms with Gasteiger partial charge in [0.15, 0.2) is 17.5 Å². The van der Waals surface area contributed by atoms with E-state index < -0.39 is 6.03 Å². The van der Waals surface area contributed by atoms with Crippen LogP contribution in [0.2, 0.25) is 10.0 Å². The number of hydrogen-bond donors (Lipinski definition) is 3. The van der Waals surface area contributed by atoms with Gasteiger partial charge in [-0.05, 0) is 0 Å². The van der Waals surface area contributed by atoms with Gasteiger partial charge in [-0.15, -0.1) is 0 Å². The van der Waals surface area contributed by atoms with Gasteiger partial charge in [-0.2, -0.15) is 0 Å². The molecule has 0 heterocycles. The number of guanidine groups is 1. The van der Waals surface area contributed by atoms with E-state index in [4.69, 9.17) is 43.1 Å². The Kier molecular flexibility index (Phi) is 6.39. The minimum Gasteiger partial charge on any atom is -0.491 e. The lowest BCUT2D eigenvalue weighted by atomic mass is 10.2. The quantitative estimate of drug-likeness (QED) is 0.569. The zero-order chi connectivity index (χ0) is 16.9. The summed E-state index contributed by atoms with van der Waals surface area (Å²) < 4.78 is 15.5. The van der Waals surface area contributed by atoms with E-state index >= 15 is 0 Å². The highest BCUT2D eigenvalue weighted by Crippen LogP contribution is 2.52. The average Bonchev–Trinajstić information content (AvgIpc) is 2.50. The first-order valence-electron chi connectivity index (χ1n) is 5.88. The molecular weight excluding hydrogens is 335 g/mol. The Morgan fingerprint density at radius 2 is 1.50 bits per heavy atom. The first kappa shape index (κ1) is 18.0. The van der Waals surface area contributed by atoms with Crippen molar-refractivity contribution in [2.75, 3.05) is 33.7 Å². The molecule has 2 amide bonds. The molecule has 0 aliphatic carbocycles. The number of nitrogens with one attached hydrogen (secondary N) is 2. The molecule has 4 N–H and O–H groups in total. The maximum absolute atomic E-state index is 11.8. The molecule has 0 radical (unpaired) electrons. The highest BCUT2D eigenvalue weighted by atomic mass is 35.5. The number of urea groups is 1. The van der Waals surface area contributed by atoms with Gasteiger partial charge < -0.3 is 25.3 Å². The van der Waals surface area contributed by atoms with Crippen LogP contribution in [0.3, 0.4) is 0 Å². The molecule has 122 valence electrons. The third kappa shape index (κ3) is 3.58. The molecule has 8 nitrogen and oxygen atoms in total. The van der Waals surface area contributed by atoms with Gasteiger partial charge in [0.2, 0.25) is 5.75 Å². The number of rotatable bonds is 4. The first-order valence-corrected chi connectivity index (χ1v) is 6.63. The van der Waals surface area contributed by atoms with Crippen molar-refractivity contribution in [1.82, 2.24) is 5.32 Å². The number of aliphatic imine (C=N–C) groups is 1. The molecule has 10 heteroatoms. The third-order valence-corrected chi connectivity index (χ3v) is 3.30. The van der Waals surface area contributed by atoms with Crippen LogP contribution in [-0.4, -0.2) is 40.4 Å². The highest BCUT2D eigenvalue weighted by molar-refractivity contribution is 6.42. The smallest absolute Gasteiger partial charge is 0.326 e. The van der Waals surface area contributed by atoms with Crippen molar-refractivity contribution in [3.63, 3.8) is 0 Å². The second-order valence-corrected chi connectivity index (χ2v) is 4.55. The number of nitrogens with zero attached hydrogens (tertiary/aromatic N) is 1. The highest BCUT2D eigenvalue weighted by Gasteiger charge is 2.26. The summed E-state index contributed by atoms with van der Waals surface area (Å²) in [6.07, 6.45) is 0. The maximum Gasteiger partial charge on any atom is 0.326 e. The van der Waals surface area contributed by atoms with E-state index in [1.54, 1.807) is 0 Å². The van der Waals surface area contributed by atoms with Gasteiger partial charge in [-0.1, -0.05) is 23.2 Å². The lowest BCUT2D eigenvalue weighted by Crippen LogP contribution is -2.39. The number of anilines is 1. The van der Waals surface area contributed by atoms with E-state index in [2.05, 4.69) is 15.6 Å². The van der Waals surface area contributed by atoms with Crippen LogP contribution in [0, 0.1) is 0 Å². The van der Waals surface area contributed by atoms with Crippen molar-refractivity contribution in [2.24, 2.45) is 10.7 Å². The van der Waals surface area contributed by atoms with Crippen molar-refractivity contribution in [3.05, 3.63) is 10.0 Å². The second-order valence-electron chi connectivity index (χ2n) is 3.79. The number of benzene rings is 1. The molecule has 0 saturated heterocycles. The fraction of sp³-hybridized carbons (Fsp3) is 0.333. The van der Waals surface area contributed by atoms with Crippen LogP contribution in [-0.2, 0) is 0 Å². The Morgan fingerprint density at radius 3 is 1.86 bits per heavy atom. The van der Waals surface area contributed by atoms with Crippen LogP contribution >= 0.6 is 23.2 Å². The van der Waals surface area contributed by atoms with Crippen LogP contribution in [0.25, 0.3) is 0 Å². The molecule has 1 aromatic carbocycles. The standard InChI is InChI=1S/C12H16Cl2N4O4/c1-16-11(15)18-12(19)17-7-5(13)8(20-2)10(22-4)9(21-3)6(7)14/h1-4H3,(H4,15,16,17,18,19). The molecule has 0 aromatic heterocycles. The summed E-state index contributed by atoms with van der Waals surface area (Å²) in [6.45, 7) is 0. The predicted octanol–water partition coefficient (Wildman–Crippen LogP) is 2.09. The summed E-state index contributed by atoms with van der Waals surface area (Å²) >= 11 is 12.4. The number of nitrogens with two attached hydrogens (primary N) is 1. The maximum atomic E-state index is 11.8. The third-order valence-electron chi connectivity index (χ3n) is 2.58. The van der Waals surface area contributed by atoms with Crippen LogP contribution in [0.1, 0.15) is 0 Å². The van der Waals surface area contributed by atoms with Gasteiger partial charge >= 0.3 is 6.03 Å². The van der Waals surface area contributed by atoms with Crippen LogP contribution in [0.4, 0.5) is 10.5 Å². The summed E-state index contributed by atoms with van der Waals surface area (Å²) in [5.74, 6) is 0.466. The van der Waals surface area contributed by atoms with E-state index in [1.165, 1.54) is 28.4 Å². The Balaban J connectivity index is 3.33. The summed E-state index contributed by atoms with van der Waals surface area (Å²) in [5, 5.41) is 4.83. The zero-order valence-corrected chi connectivity index (χ0v) is 13.9. The van der Waals surface area contributed by atoms with Gasteiger partial charge in [0, 0.05) is 7.05 Å². The van der Waals surface area contributed by atoms with Crippen LogP contribution < -0.4 is 30.6 Å². The normalized spacial score (nSPS) is 10.9. The minimum absolute atomic E-state index is 0.0484. The molecule has 0 bridgehead atoms. The number of hydrogen-bond acceptors (Lipinski definition) is 5. The fourth-order valence-electron chi connectivity index (χ4n) is 1.60. The van der Waals surface area contributed by atoms with Crippen molar-refractivity contribution >= 4 is 40.9 Å². The largest absolute Gasteiger partial charge is 0.491 e. The van der Waals surface area contributed by atoms with E-state index in [-0.39, 0.29) is 38.9 Å². The number of halogens is 2. The zero-order valence-electron chi connectivity index (χ0n) is 12.4. The Morgan fingerprint density at radius 1 is 1.05 bits per heavy atom. The summed E-state index contributed by atoms with van der Waals surface area (Å²) in [4.78, 5) is 15.4.